The first-order valence-electron chi connectivity index (χ1n) is 6.50. The van der Waals surface area contributed by atoms with E-state index in [1.54, 1.807) is 0 Å². The highest BCUT2D eigenvalue weighted by molar-refractivity contribution is 5.95. The molecular formula is C14H18N2O5. The summed E-state index contributed by atoms with van der Waals surface area (Å²) in [6.45, 7) is 5.41. The van der Waals surface area contributed by atoms with E-state index in [4.69, 9.17) is 4.74 Å². The van der Waals surface area contributed by atoms with E-state index in [2.05, 4.69) is 5.32 Å². The first-order valence-corrected chi connectivity index (χ1v) is 6.50. The summed E-state index contributed by atoms with van der Waals surface area (Å²) < 4.78 is 4.81. The molecule has 0 aliphatic heterocycles. The molecule has 21 heavy (non-hydrogen) atoms. The normalized spacial score (nSPS) is 10.3. The summed E-state index contributed by atoms with van der Waals surface area (Å²) in [5.41, 5.74) is -0.0968. The van der Waals surface area contributed by atoms with Crippen molar-refractivity contribution in [3.05, 3.63) is 39.4 Å². The number of amides is 1. The molecule has 0 unspecified atom stereocenters. The second kappa shape index (κ2) is 7.37. The first kappa shape index (κ1) is 16.6. The van der Waals surface area contributed by atoms with Gasteiger partial charge in [-0.1, -0.05) is 26.0 Å². The summed E-state index contributed by atoms with van der Waals surface area (Å²) in [5.74, 6) is -1.04. The van der Waals surface area contributed by atoms with Crippen LogP contribution in [0, 0.1) is 23.0 Å². The molecule has 7 heteroatoms. The molecule has 0 heterocycles. The molecule has 0 spiro atoms. The third-order valence-electron chi connectivity index (χ3n) is 2.68. The van der Waals surface area contributed by atoms with Crippen LogP contribution in [-0.2, 0) is 9.53 Å². The Hall–Kier alpha value is -2.44. The third kappa shape index (κ3) is 4.87. The number of para-hydroxylation sites is 1. The SMILES string of the molecule is Cc1cccc(C(=O)OCC(=O)NCC(C)C)c1[N+](=O)[O-]. The minimum Gasteiger partial charge on any atom is -0.452 e. The lowest BCUT2D eigenvalue weighted by molar-refractivity contribution is -0.385. The average Bonchev–Trinajstić information content (AvgIpc) is 2.41. The Morgan fingerprint density at radius 1 is 1.38 bits per heavy atom. The molecule has 1 aromatic carbocycles. The van der Waals surface area contributed by atoms with Gasteiger partial charge in [0.15, 0.2) is 6.61 Å². The zero-order chi connectivity index (χ0) is 16.0. The molecule has 1 amide bonds. The largest absolute Gasteiger partial charge is 0.452 e. The monoisotopic (exact) mass is 294 g/mol. The van der Waals surface area contributed by atoms with Gasteiger partial charge in [-0.15, -0.1) is 0 Å². The van der Waals surface area contributed by atoms with Crippen LogP contribution in [0.2, 0.25) is 0 Å². The van der Waals surface area contributed by atoms with E-state index >= 15 is 0 Å². The van der Waals surface area contributed by atoms with Crippen molar-refractivity contribution in [1.82, 2.24) is 5.32 Å². The smallest absolute Gasteiger partial charge is 0.345 e. The number of carbonyl (C=O) groups excluding carboxylic acids is 2. The van der Waals surface area contributed by atoms with E-state index in [1.807, 2.05) is 13.8 Å². The molecule has 7 nitrogen and oxygen atoms in total. The van der Waals surface area contributed by atoms with Crippen molar-refractivity contribution < 1.29 is 19.2 Å². The fourth-order valence-electron chi connectivity index (χ4n) is 1.64. The number of nitro benzene ring substituents is 1. The van der Waals surface area contributed by atoms with Crippen molar-refractivity contribution in [2.24, 2.45) is 5.92 Å². The van der Waals surface area contributed by atoms with E-state index < -0.39 is 23.4 Å². The summed E-state index contributed by atoms with van der Waals surface area (Å²) in [5, 5.41) is 13.6. The van der Waals surface area contributed by atoms with Crippen LogP contribution < -0.4 is 5.32 Å². The van der Waals surface area contributed by atoms with Gasteiger partial charge in [-0.3, -0.25) is 14.9 Å². The van der Waals surface area contributed by atoms with Crippen LogP contribution in [0.4, 0.5) is 5.69 Å². The van der Waals surface area contributed by atoms with Crippen LogP contribution in [0.1, 0.15) is 29.8 Å². The van der Waals surface area contributed by atoms with Crippen molar-refractivity contribution in [3.8, 4) is 0 Å². The molecule has 1 aromatic rings. The molecule has 0 fully saturated rings. The third-order valence-corrected chi connectivity index (χ3v) is 2.68. The molecule has 0 bridgehead atoms. The topological polar surface area (TPSA) is 98.5 Å². The number of nitrogens with one attached hydrogen (secondary N) is 1. The number of esters is 1. The van der Waals surface area contributed by atoms with Crippen LogP contribution in [0.3, 0.4) is 0 Å². The van der Waals surface area contributed by atoms with E-state index in [1.165, 1.54) is 25.1 Å². The molecule has 114 valence electrons. The van der Waals surface area contributed by atoms with Crippen LogP contribution in [0.5, 0.6) is 0 Å². The van der Waals surface area contributed by atoms with E-state index in [0.29, 0.717) is 12.1 Å². The maximum atomic E-state index is 11.9. The van der Waals surface area contributed by atoms with Gasteiger partial charge in [0, 0.05) is 12.1 Å². The van der Waals surface area contributed by atoms with Crippen LogP contribution in [0.15, 0.2) is 18.2 Å². The van der Waals surface area contributed by atoms with Crippen molar-refractivity contribution in [2.75, 3.05) is 13.2 Å². The number of ether oxygens (including phenoxy) is 1. The minimum atomic E-state index is -0.884. The highest BCUT2D eigenvalue weighted by atomic mass is 16.6. The maximum Gasteiger partial charge on any atom is 0.345 e. The predicted octanol–water partition coefficient (Wildman–Crippen LogP) is 1.83. The second-order valence-electron chi connectivity index (χ2n) is 5.00. The van der Waals surface area contributed by atoms with Gasteiger partial charge in [-0.2, -0.15) is 0 Å². The first-order chi connectivity index (χ1) is 9.82. The number of rotatable bonds is 6. The highest BCUT2D eigenvalue weighted by Crippen LogP contribution is 2.23. The highest BCUT2D eigenvalue weighted by Gasteiger charge is 2.24. The molecule has 0 aliphatic carbocycles. The second-order valence-corrected chi connectivity index (χ2v) is 5.00. The lowest BCUT2D eigenvalue weighted by Gasteiger charge is -2.09. The zero-order valence-corrected chi connectivity index (χ0v) is 12.2. The number of hydrogen-bond donors (Lipinski definition) is 1. The Bertz CT molecular complexity index is 554. The summed E-state index contributed by atoms with van der Waals surface area (Å²) in [4.78, 5) is 33.7. The lowest BCUT2D eigenvalue weighted by atomic mass is 10.1. The zero-order valence-electron chi connectivity index (χ0n) is 12.2. The standard InChI is InChI=1S/C14H18N2O5/c1-9(2)7-15-12(17)8-21-14(18)11-6-4-5-10(3)13(11)16(19)20/h4-6,9H,7-8H2,1-3H3,(H,15,17). The Balaban J connectivity index is 2.71. The number of nitro groups is 1. The van der Waals surface area contributed by atoms with Gasteiger partial charge in [0.05, 0.1) is 4.92 Å². The van der Waals surface area contributed by atoms with E-state index in [-0.39, 0.29) is 17.2 Å². The van der Waals surface area contributed by atoms with Gasteiger partial charge >= 0.3 is 5.97 Å². The fourth-order valence-corrected chi connectivity index (χ4v) is 1.64. The summed E-state index contributed by atoms with van der Waals surface area (Å²) >= 11 is 0. The Morgan fingerprint density at radius 2 is 2.05 bits per heavy atom. The van der Waals surface area contributed by atoms with Gasteiger partial charge in [0.2, 0.25) is 0 Å². The van der Waals surface area contributed by atoms with E-state index in [9.17, 15) is 19.7 Å². The Morgan fingerprint density at radius 3 is 2.62 bits per heavy atom. The Kier molecular flexibility index (Phi) is 5.83. The summed E-state index contributed by atoms with van der Waals surface area (Å²) in [7, 11) is 0. The number of nitrogens with zero attached hydrogens (tertiary/aromatic N) is 1. The van der Waals surface area contributed by atoms with Crippen molar-refractivity contribution in [3.63, 3.8) is 0 Å². The number of hydrogen-bond acceptors (Lipinski definition) is 5. The van der Waals surface area contributed by atoms with Gasteiger partial charge in [0.25, 0.3) is 11.6 Å². The molecule has 0 saturated carbocycles. The van der Waals surface area contributed by atoms with Crippen LogP contribution in [-0.4, -0.2) is 30.0 Å². The molecule has 0 aliphatic rings. The van der Waals surface area contributed by atoms with Gasteiger partial charge in [-0.25, -0.2) is 4.79 Å². The summed E-state index contributed by atoms with van der Waals surface area (Å²) in [6, 6.07) is 4.36. The van der Waals surface area contributed by atoms with Crippen molar-refractivity contribution in [1.29, 1.82) is 0 Å². The maximum absolute atomic E-state index is 11.9. The van der Waals surface area contributed by atoms with Crippen LogP contribution in [0.25, 0.3) is 0 Å². The van der Waals surface area contributed by atoms with Crippen molar-refractivity contribution >= 4 is 17.6 Å². The molecule has 0 atom stereocenters. The minimum absolute atomic E-state index is 0.156. The van der Waals surface area contributed by atoms with Gasteiger partial charge in [0.1, 0.15) is 5.56 Å². The van der Waals surface area contributed by atoms with Gasteiger partial charge < -0.3 is 10.1 Å². The van der Waals surface area contributed by atoms with E-state index in [0.717, 1.165) is 0 Å². The number of carbonyl (C=O) groups is 2. The van der Waals surface area contributed by atoms with Crippen LogP contribution >= 0.6 is 0 Å². The molecule has 0 aromatic heterocycles. The lowest BCUT2D eigenvalue weighted by Crippen LogP contribution is -2.31. The molecule has 1 N–H and O–H groups in total. The summed E-state index contributed by atoms with van der Waals surface area (Å²) in [6.07, 6.45) is 0. The predicted molar refractivity (Wildman–Crippen MR) is 76.0 cm³/mol. The quantitative estimate of drug-likeness (QED) is 0.490. The molecular weight excluding hydrogens is 276 g/mol. The van der Waals surface area contributed by atoms with Crippen molar-refractivity contribution in [2.45, 2.75) is 20.8 Å². The molecule has 0 saturated heterocycles. The average molecular weight is 294 g/mol. The molecule has 0 radical (unpaired) electrons. The number of aryl methyl sites for hydroxylation is 1. The van der Waals surface area contributed by atoms with Gasteiger partial charge in [-0.05, 0) is 18.9 Å². The fraction of sp³-hybridized carbons (Fsp3) is 0.429. The Labute approximate surface area is 122 Å². The number of benzene rings is 1. The molecule has 1 rings (SSSR count).